The molecule has 1 aromatic carbocycles. The second-order valence-corrected chi connectivity index (χ2v) is 5.69. The Morgan fingerprint density at radius 2 is 1.80 bits per heavy atom. The second kappa shape index (κ2) is 17.2. The maximum absolute atomic E-state index is 11.5. The van der Waals surface area contributed by atoms with Gasteiger partial charge in [0.15, 0.2) is 0 Å². The third-order valence-electron chi connectivity index (χ3n) is 3.35. The molecule has 1 rings (SSSR count). The van der Waals surface area contributed by atoms with Crippen LogP contribution >= 0.6 is 0 Å². The molecule has 1 aromatic rings. The first kappa shape index (κ1) is 25.6. The summed E-state index contributed by atoms with van der Waals surface area (Å²) in [4.78, 5) is 22.2. The molecule has 25 heavy (non-hydrogen) atoms. The molecule has 0 fully saturated rings. The number of nitrogens with two attached hydrogens (primary N) is 1. The predicted octanol–water partition coefficient (Wildman–Crippen LogP) is 3.56. The van der Waals surface area contributed by atoms with E-state index in [0.29, 0.717) is 6.42 Å². The first-order valence-corrected chi connectivity index (χ1v) is 8.49. The SMILES string of the molecule is [CH-]=C[C@@H](CC(N)=O)NC(=O)CCCCCCC.[CH2-]c1ccccc1.[Os+4]. The van der Waals surface area contributed by atoms with Gasteiger partial charge in [-0.05, 0) is 6.42 Å². The molecule has 1 atom stereocenters. The molecule has 0 aliphatic carbocycles. The minimum absolute atomic E-state index is 0. The van der Waals surface area contributed by atoms with E-state index in [1.807, 2.05) is 30.3 Å². The molecule has 0 aliphatic rings. The van der Waals surface area contributed by atoms with Gasteiger partial charge < -0.3 is 17.6 Å². The van der Waals surface area contributed by atoms with E-state index in [-0.39, 0.29) is 32.1 Å². The minimum atomic E-state index is -0.472. The number of primary amides is 1. The first-order valence-electron chi connectivity index (χ1n) is 8.49. The van der Waals surface area contributed by atoms with Gasteiger partial charge in [0.2, 0.25) is 11.8 Å². The second-order valence-electron chi connectivity index (χ2n) is 5.69. The van der Waals surface area contributed by atoms with Crippen molar-refractivity contribution in [3.8, 4) is 0 Å². The summed E-state index contributed by atoms with van der Waals surface area (Å²) in [7, 11) is 0. The Morgan fingerprint density at radius 3 is 2.24 bits per heavy atom. The smallest absolute Gasteiger partial charge is 0.516 e. The van der Waals surface area contributed by atoms with Crippen LogP contribution in [-0.2, 0) is 29.4 Å². The van der Waals surface area contributed by atoms with Crippen LogP contribution in [-0.4, -0.2) is 17.9 Å². The number of carbonyl (C=O) groups is 2. The van der Waals surface area contributed by atoms with Gasteiger partial charge in [0.05, 0.1) is 0 Å². The zero-order chi connectivity index (χ0) is 18.2. The number of unbranched alkanes of at least 4 members (excludes halogenated alkanes) is 4. The molecule has 0 radical (unpaired) electrons. The van der Waals surface area contributed by atoms with Crippen molar-refractivity contribution in [2.24, 2.45) is 5.73 Å². The zero-order valence-corrected chi connectivity index (χ0v) is 17.6. The molecule has 3 N–H and O–H groups in total. The monoisotopic (exact) mass is 522 g/mol. The summed E-state index contributed by atoms with van der Waals surface area (Å²) in [6.45, 7) is 11.2. The molecule has 0 saturated heterocycles. The maximum Gasteiger partial charge on any atom is 4.00 e. The molecule has 0 spiro atoms. The number of rotatable bonds is 10. The van der Waals surface area contributed by atoms with Crippen LogP contribution in [0.25, 0.3) is 0 Å². The summed E-state index contributed by atoms with van der Waals surface area (Å²) in [5, 5.41) is 2.67. The van der Waals surface area contributed by atoms with Crippen molar-refractivity contribution >= 4 is 11.8 Å². The Labute approximate surface area is 165 Å². The summed E-state index contributed by atoms with van der Waals surface area (Å²) < 4.78 is 0. The van der Waals surface area contributed by atoms with Gasteiger partial charge in [-0.3, -0.25) is 15.7 Å². The summed E-state index contributed by atoms with van der Waals surface area (Å²) >= 11 is 0. The molecule has 0 aliphatic heterocycles. The van der Waals surface area contributed by atoms with Crippen molar-refractivity contribution in [3.63, 3.8) is 0 Å². The molecule has 5 heteroatoms. The van der Waals surface area contributed by atoms with E-state index in [2.05, 4.69) is 19.2 Å². The number of hydrogen-bond donors (Lipinski definition) is 2. The number of carbonyl (C=O) groups excluding carboxylic acids is 2. The molecule has 0 heterocycles. The Hall–Kier alpha value is -1.59. The molecular formula is C20H30N2O2Os+2. The van der Waals surface area contributed by atoms with Gasteiger partial charge in [-0.15, -0.1) is 12.1 Å². The molecule has 0 saturated carbocycles. The fourth-order valence-electron chi connectivity index (χ4n) is 2.03. The fraction of sp³-hybridized carbons (Fsp3) is 0.450. The average molecular weight is 521 g/mol. The van der Waals surface area contributed by atoms with Crippen LogP contribution in [0.15, 0.2) is 36.4 Å². The van der Waals surface area contributed by atoms with E-state index in [4.69, 9.17) is 12.3 Å². The average Bonchev–Trinajstić information content (AvgIpc) is 2.55. The van der Waals surface area contributed by atoms with Crippen molar-refractivity contribution in [1.29, 1.82) is 0 Å². The van der Waals surface area contributed by atoms with Gasteiger partial charge in [0.1, 0.15) is 0 Å². The van der Waals surface area contributed by atoms with Gasteiger partial charge in [-0.2, -0.15) is 24.6 Å². The van der Waals surface area contributed by atoms with Crippen LogP contribution < -0.4 is 11.1 Å². The van der Waals surface area contributed by atoms with Gasteiger partial charge in [0.25, 0.3) is 0 Å². The number of nitrogens with one attached hydrogen (secondary N) is 1. The van der Waals surface area contributed by atoms with Crippen molar-refractivity contribution in [2.75, 3.05) is 0 Å². The van der Waals surface area contributed by atoms with Crippen molar-refractivity contribution in [3.05, 3.63) is 55.5 Å². The molecule has 0 unspecified atom stereocenters. The Bertz CT molecular complexity index is 478. The summed E-state index contributed by atoms with van der Waals surface area (Å²) in [6, 6.07) is 9.43. The molecule has 0 bridgehead atoms. The standard InChI is InChI=1S/C13H23N2O2.C7H7.Os/c1-3-5-6-7-8-9-13(17)15-11(4-2)10-12(14)16;1-7-5-3-2-4-6-7;/h2,4,11H,3,5-10H2,1H3,(H2,14,16)(H,15,17);2-6H,1H2;/q2*-1;+4/t11-;;/m0../s1. The Kier molecular flexibility index (Phi) is 17.7. The molecular weight excluding hydrogens is 490 g/mol. The quantitative estimate of drug-likeness (QED) is 0.366. The van der Waals surface area contributed by atoms with Crippen LogP contribution in [0, 0.1) is 13.5 Å². The Balaban J connectivity index is 0. The maximum atomic E-state index is 11.5. The number of amides is 2. The fourth-order valence-corrected chi connectivity index (χ4v) is 2.03. The van der Waals surface area contributed by atoms with Crippen molar-refractivity contribution in [1.82, 2.24) is 5.32 Å². The largest absolute Gasteiger partial charge is 4.00 e. The van der Waals surface area contributed by atoms with E-state index in [1.165, 1.54) is 18.9 Å². The topological polar surface area (TPSA) is 72.2 Å². The van der Waals surface area contributed by atoms with E-state index < -0.39 is 11.9 Å². The molecule has 4 nitrogen and oxygen atoms in total. The minimum Gasteiger partial charge on any atom is -0.516 e. The van der Waals surface area contributed by atoms with Crippen LogP contribution in [0.4, 0.5) is 0 Å². The van der Waals surface area contributed by atoms with Crippen LogP contribution in [0.3, 0.4) is 0 Å². The van der Waals surface area contributed by atoms with E-state index in [9.17, 15) is 9.59 Å². The number of hydrogen-bond acceptors (Lipinski definition) is 2. The third-order valence-corrected chi connectivity index (χ3v) is 3.35. The molecule has 2 amide bonds. The van der Waals surface area contributed by atoms with E-state index in [0.717, 1.165) is 24.8 Å². The van der Waals surface area contributed by atoms with E-state index >= 15 is 0 Å². The Morgan fingerprint density at radius 1 is 1.20 bits per heavy atom. The normalized spacial score (nSPS) is 10.4. The van der Waals surface area contributed by atoms with Crippen molar-refractivity contribution < 1.29 is 29.4 Å². The predicted molar refractivity (Wildman–Crippen MR) is 98.9 cm³/mol. The van der Waals surface area contributed by atoms with Crippen LogP contribution in [0.1, 0.15) is 57.4 Å². The van der Waals surface area contributed by atoms with Crippen LogP contribution in [0.2, 0.25) is 0 Å². The van der Waals surface area contributed by atoms with E-state index in [1.54, 1.807) is 0 Å². The van der Waals surface area contributed by atoms with Gasteiger partial charge in [0, 0.05) is 18.9 Å². The first-order chi connectivity index (χ1) is 11.5. The molecule has 138 valence electrons. The molecule has 0 aromatic heterocycles. The summed E-state index contributed by atoms with van der Waals surface area (Å²) in [5.74, 6) is -0.547. The van der Waals surface area contributed by atoms with Gasteiger partial charge >= 0.3 is 19.8 Å². The summed E-state index contributed by atoms with van der Waals surface area (Å²) in [6.07, 6.45) is 7.33. The van der Waals surface area contributed by atoms with Gasteiger partial charge in [-0.1, -0.05) is 38.7 Å². The zero-order valence-electron chi connectivity index (χ0n) is 15.0. The summed E-state index contributed by atoms with van der Waals surface area (Å²) in [5.41, 5.74) is 6.11. The van der Waals surface area contributed by atoms with Crippen LogP contribution in [0.5, 0.6) is 0 Å². The number of benzene rings is 1. The third kappa shape index (κ3) is 17.0. The van der Waals surface area contributed by atoms with Crippen molar-refractivity contribution in [2.45, 2.75) is 57.9 Å². The van der Waals surface area contributed by atoms with Gasteiger partial charge in [-0.25, -0.2) is 0 Å².